The summed E-state index contributed by atoms with van der Waals surface area (Å²) in [4.78, 5) is 16.8. The molecule has 0 N–H and O–H groups in total. The standard InChI is InChI=1S/C37H46N2O2/c1-8-19-28(9-2)39-32-23-17-15-21-30(32)37(6,7)34(39)25-13-11-12-24-33-36(4,5)29-20-14-16-22-31(29)38(33)27-18-26-35(40)41-10-3/h8,11-26,28,33H,9-10,27H2,1-7H3/b13-11+,19-8+,24-12+,26-18+,34-25+. The summed E-state index contributed by atoms with van der Waals surface area (Å²) < 4.78 is 5.08. The normalized spacial score (nSPS) is 21.0. The van der Waals surface area contributed by atoms with Gasteiger partial charge in [-0.25, -0.2) is 4.79 Å². The van der Waals surface area contributed by atoms with E-state index in [1.807, 2.05) is 13.0 Å². The van der Waals surface area contributed by atoms with Crippen molar-refractivity contribution in [3.05, 3.63) is 120 Å². The number of allylic oxidation sites excluding steroid dienone is 6. The highest BCUT2D eigenvalue weighted by molar-refractivity contribution is 5.82. The van der Waals surface area contributed by atoms with Crippen LogP contribution in [0.3, 0.4) is 0 Å². The van der Waals surface area contributed by atoms with Gasteiger partial charge in [-0.05, 0) is 49.6 Å². The maximum Gasteiger partial charge on any atom is 0.330 e. The molecule has 0 fully saturated rings. The number of carbonyl (C=O) groups is 1. The highest BCUT2D eigenvalue weighted by Gasteiger charge is 2.43. The van der Waals surface area contributed by atoms with E-state index >= 15 is 0 Å². The van der Waals surface area contributed by atoms with E-state index < -0.39 is 0 Å². The Hall–Kier alpha value is -3.79. The van der Waals surface area contributed by atoms with Crippen molar-refractivity contribution in [3.63, 3.8) is 0 Å². The van der Waals surface area contributed by atoms with Crippen LogP contribution in [0.15, 0.2) is 109 Å². The lowest BCUT2D eigenvalue weighted by atomic mass is 9.80. The minimum Gasteiger partial charge on any atom is -0.463 e. The van der Waals surface area contributed by atoms with E-state index in [9.17, 15) is 4.79 Å². The number of hydrogen-bond acceptors (Lipinski definition) is 4. The van der Waals surface area contributed by atoms with Gasteiger partial charge in [-0.15, -0.1) is 0 Å². The zero-order valence-electron chi connectivity index (χ0n) is 25.8. The largest absolute Gasteiger partial charge is 0.463 e. The first kappa shape index (κ1) is 30.2. The molecule has 4 heteroatoms. The Bertz CT molecular complexity index is 1370. The van der Waals surface area contributed by atoms with Gasteiger partial charge >= 0.3 is 5.97 Å². The van der Waals surface area contributed by atoms with Gasteiger partial charge in [-0.1, -0.05) is 114 Å². The van der Waals surface area contributed by atoms with Crippen molar-refractivity contribution >= 4 is 17.3 Å². The van der Waals surface area contributed by atoms with Crippen LogP contribution < -0.4 is 9.80 Å². The van der Waals surface area contributed by atoms with E-state index in [-0.39, 0.29) is 22.8 Å². The molecule has 4 rings (SSSR count). The highest BCUT2D eigenvalue weighted by atomic mass is 16.5. The summed E-state index contributed by atoms with van der Waals surface area (Å²) in [7, 11) is 0. The van der Waals surface area contributed by atoms with E-state index in [1.165, 1.54) is 34.3 Å². The van der Waals surface area contributed by atoms with Crippen molar-refractivity contribution < 1.29 is 9.53 Å². The molecule has 4 nitrogen and oxygen atoms in total. The Morgan fingerprint density at radius 2 is 1.63 bits per heavy atom. The third kappa shape index (κ3) is 5.98. The summed E-state index contributed by atoms with van der Waals surface area (Å²) in [5.74, 6) is -0.298. The number of esters is 1. The van der Waals surface area contributed by atoms with Crippen molar-refractivity contribution in [3.8, 4) is 0 Å². The van der Waals surface area contributed by atoms with Crippen LogP contribution in [-0.2, 0) is 20.4 Å². The highest BCUT2D eigenvalue weighted by Crippen LogP contribution is 2.49. The number of benzene rings is 2. The molecule has 2 atom stereocenters. The van der Waals surface area contributed by atoms with Crippen LogP contribution in [0.1, 0.15) is 66.0 Å². The molecule has 2 aliphatic heterocycles. The summed E-state index contributed by atoms with van der Waals surface area (Å²) >= 11 is 0. The molecule has 2 unspecified atom stereocenters. The fraction of sp³-hybridized carbons (Fsp3) is 0.378. The molecule has 0 spiro atoms. The number of para-hydroxylation sites is 2. The third-order valence-electron chi connectivity index (χ3n) is 8.50. The maximum absolute atomic E-state index is 11.9. The molecule has 2 aromatic rings. The van der Waals surface area contributed by atoms with Gasteiger partial charge in [0.1, 0.15) is 0 Å². The third-order valence-corrected chi connectivity index (χ3v) is 8.50. The zero-order chi connectivity index (χ0) is 29.6. The predicted molar refractivity (Wildman–Crippen MR) is 174 cm³/mol. The molecule has 0 saturated heterocycles. The SMILES string of the molecule is C/C=C/C(CC)N1/C(=C/C=C/C=C/C2N(C/C=C/C(=O)OCC)c3ccccc3C2(C)C)C(C)(C)c2ccccc21. The van der Waals surface area contributed by atoms with Gasteiger partial charge in [0.05, 0.1) is 18.7 Å². The maximum atomic E-state index is 11.9. The molecule has 0 aliphatic carbocycles. The summed E-state index contributed by atoms with van der Waals surface area (Å²) in [5, 5.41) is 0. The van der Waals surface area contributed by atoms with Gasteiger partial charge in [0.2, 0.25) is 0 Å². The van der Waals surface area contributed by atoms with E-state index in [0.717, 1.165) is 6.42 Å². The van der Waals surface area contributed by atoms with Crippen molar-refractivity contribution in [1.29, 1.82) is 0 Å². The van der Waals surface area contributed by atoms with E-state index in [1.54, 1.807) is 0 Å². The molecule has 0 radical (unpaired) electrons. The molecule has 216 valence electrons. The number of carbonyl (C=O) groups excluding carboxylic acids is 1. The van der Waals surface area contributed by atoms with Crippen molar-refractivity contribution in [2.24, 2.45) is 0 Å². The fourth-order valence-corrected chi connectivity index (χ4v) is 6.41. The monoisotopic (exact) mass is 550 g/mol. The first-order valence-electron chi connectivity index (χ1n) is 14.9. The fourth-order valence-electron chi connectivity index (χ4n) is 6.41. The Labute approximate surface area is 247 Å². The Morgan fingerprint density at radius 3 is 2.32 bits per heavy atom. The summed E-state index contributed by atoms with van der Waals surface area (Å²) in [6.45, 7) is 16.4. The van der Waals surface area contributed by atoms with Crippen LogP contribution in [-0.4, -0.2) is 31.2 Å². The average Bonchev–Trinajstić information content (AvgIpc) is 3.31. The molecule has 2 aliphatic rings. The lowest BCUT2D eigenvalue weighted by Gasteiger charge is -2.32. The molecule has 0 aromatic heterocycles. The first-order chi connectivity index (χ1) is 19.7. The topological polar surface area (TPSA) is 32.8 Å². The average molecular weight is 551 g/mol. The minimum absolute atomic E-state index is 0.0795. The molecular weight excluding hydrogens is 504 g/mol. The van der Waals surface area contributed by atoms with Gasteiger partial charge < -0.3 is 14.5 Å². The lowest BCUT2D eigenvalue weighted by Crippen LogP contribution is -2.40. The molecule has 0 bridgehead atoms. The summed E-state index contributed by atoms with van der Waals surface area (Å²) in [5.41, 5.74) is 6.35. The van der Waals surface area contributed by atoms with E-state index in [0.29, 0.717) is 19.2 Å². The Morgan fingerprint density at radius 1 is 0.951 bits per heavy atom. The minimum atomic E-state index is -0.298. The molecule has 41 heavy (non-hydrogen) atoms. The van der Waals surface area contributed by atoms with Gasteiger partial charge in [-0.2, -0.15) is 0 Å². The number of nitrogens with zero attached hydrogens (tertiary/aromatic N) is 2. The van der Waals surface area contributed by atoms with Crippen LogP contribution in [0.5, 0.6) is 0 Å². The van der Waals surface area contributed by atoms with Crippen molar-refractivity contribution in [2.45, 2.75) is 77.8 Å². The number of hydrogen-bond donors (Lipinski definition) is 0. The zero-order valence-corrected chi connectivity index (χ0v) is 25.8. The second-order valence-electron chi connectivity index (χ2n) is 11.8. The van der Waals surface area contributed by atoms with Crippen LogP contribution in [0.25, 0.3) is 0 Å². The van der Waals surface area contributed by atoms with Crippen molar-refractivity contribution in [2.75, 3.05) is 23.0 Å². The van der Waals surface area contributed by atoms with E-state index in [2.05, 4.69) is 142 Å². The van der Waals surface area contributed by atoms with Crippen molar-refractivity contribution in [1.82, 2.24) is 0 Å². The molecule has 0 amide bonds. The number of rotatable bonds is 10. The Kier molecular flexibility index (Phi) is 9.42. The molecule has 2 aromatic carbocycles. The molecule has 0 saturated carbocycles. The quantitative estimate of drug-likeness (QED) is 0.129. The first-order valence-corrected chi connectivity index (χ1v) is 14.9. The summed E-state index contributed by atoms with van der Waals surface area (Å²) in [6.07, 6.45) is 20.0. The van der Waals surface area contributed by atoms with Crippen LogP contribution in [0.2, 0.25) is 0 Å². The van der Waals surface area contributed by atoms with Gasteiger partial charge in [0, 0.05) is 40.5 Å². The van der Waals surface area contributed by atoms with Gasteiger partial charge in [0.15, 0.2) is 0 Å². The second kappa shape index (κ2) is 12.8. The molecule has 2 heterocycles. The predicted octanol–water partition coefficient (Wildman–Crippen LogP) is 8.42. The van der Waals surface area contributed by atoms with Gasteiger partial charge in [0.25, 0.3) is 0 Å². The number of anilines is 2. The van der Waals surface area contributed by atoms with E-state index in [4.69, 9.17) is 4.74 Å². The summed E-state index contributed by atoms with van der Waals surface area (Å²) in [6, 6.07) is 17.8. The van der Waals surface area contributed by atoms with Crippen LogP contribution in [0, 0.1) is 0 Å². The van der Waals surface area contributed by atoms with Crippen LogP contribution in [0.4, 0.5) is 11.4 Å². The second-order valence-corrected chi connectivity index (χ2v) is 11.8. The molecular formula is C37H46N2O2. The lowest BCUT2D eigenvalue weighted by molar-refractivity contribution is -0.137. The Balaban J connectivity index is 1.61. The van der Waals surface area contributed by atoms with Crippen LogP contribution >= 0.6 is 0 Å². The number of fused-ring (bicyclic) bond motifs is 2. The smallest absolute Gasteiger partial charge is 0.330 e. The van der Waals surface area contributed by atoms with Gasteiger partial charge in [-0.3, -0.25) is 0 Å². The number of ether oxygens (including phenoxy) is 1.